The maximum Gasteiger partial charge on any atom is 0.216 e. The SMILES string of the molecule is Cc1ccc2ncc(-c3cnn4c(N)c(Br)c(CNC5CCN(S(=O)(=O)C(C)C)CC5)nc34)cc2c1. The number of halogens is 1. The molecular weight excluding hydrogens is 542 g/mol. The molecule has 4 heterocycles. The Kier molecular flexibility index (Phi) is 6.75. The topological polar surface area (TPSA) is 119 Å². The highest BCUT2D eigenvalue weighted by molar-refractivity contribution is 9.10. The van der Waals surface area contributed by atoms with Gasteiger partial charge in [0.2, 0.25) is 10.0 Å². The van der Waals surface area contributed by atoms with Crippen LogP contribution in [0.25, 0.3) is 27.7 Å². The lowest BCUT2D eigenvalue weighted by atomic mass is 10.1. The van der Waals surface area contributed by atoms with Crippen molar-refractivity contribution < 1.29 is 8.42 Å². The molecule has 0 aliphatic carbocycles. The molecule has 3 N–H and O–H groups in total. The van der Waals surface area contributed by atoms with Gasteiger partial charge in [-0.05, 0) is 67.7 Å². The molecule has 0 amide bonds. The molecule has 3 aromatic heterocycles. The van der Waals surface area contributed by atoms with Crippen molar-refractivity contribution in [2.24, 2.45) is 0 Å². The van der Waals surface area contributed by atoms with Crippen LogP contribution in [-0.2, 0) is 16.6 Å². The molecule has 190 valence electrons. The van der Waals surface area contributed by atoms with Gasteiger partial charge in [0.05, 0.1) is 27.1 Å². The van der Waals surface area contributed by atoms with Crippen LogP contribution in [-0.4, -0.2) is 56.7 Å². The van der Waals surface area contributed by atoms with E-state index in [0.29, 0.717) is 35.6 Å². The van der Waals surface area contributed by atoms with E-state index < -0.39 is 15.3 Å². The number of nitrogens with two attached hydrogens (primary N) is 1. The summed E-state index contributed by atoms with van der Waals surface area (Å²) in [4.78, 5) is 9.52. The van der Waals surface area contributed by atoms with Crippen LogP contribution in [0.3, 0.4) is 0 Å². The van der Waals surface area contributed by atoms with Gasteiger partial charge in [-0.1, -0.05) is 11.6 Å². The molecule has 0 spiro atoms. The normalized spacial score (nSPS) is 15.9. The Hall–Kier alpha value is -2.60. The molecule has 0 atom stereocenters. The highest BCUT2D eigenvalue weighted by Crippen LogP contribution is 2.31. The van der Waals surface area contributed by atoms with E-state index in [0.717, 1.165) is 40.6 Å². The summed E-state index contributed by atoms with van der Waals surface area (Å²) in [6, 6.07) is 8.49. The number of hydrogen-bond donors (Lipinski definition) is 2. The maximum atomic E-state index is 12.5. The number of rotatable bonds is 6. The molecular formula is C25H30BrN7O2S. The maximum absolute atomic E-state index is 12.5. The Morgan fingerprint density at radius 2 is 1.94 bits per heavy atom. The van der Waals surface area contributed by atoms with Crippen LogP contribution < -0.4 is 11.1 Å². The molecule has 1 aliphatic heterocycles. The molecule has 9 nitrogen and oxygen atoms in total. The van der Waals surface area contributed by atoms with Gasteiger partial charge in [-0.25, -0.2) is 17.7 Å². The van der Waals surface area contributed by atoms with Crippen molar-refractivity contribution in [2.75, 3.05) is 18.8 Å². The van der Waals surface area contributed by atoms with Crippen molar-refractivity contribution in [3.05, 3.63) is 52.4 Å². The number of hydrogen-bond acceptors (Lipinski definition) is 7. The quantitative estimate of drug-likeness (QED) is 0.360. The second-order valence-electron chi connectivity index (χ2n) is 9.62. The highest BCUT2D eigenvalue weighted by Gasteiger charge is 2.30. The number of pyridine rings is 1. The summed E-state index contributed by atoms with van der Waals surface area (Å²) < 4.78 is 28.8. The smallest absolute Gasteiger partial charge is 0.216 e. The van der Waals surface area contributed by atoms with Gasteiger partial charge in [0.25, 0.3) is 0 Å². The van der Waals surface area contributed by atoms with Gasteiger partial charge >= 0.3 is 0 Å². The van der Waals surface area contributed by atoms with Gasteiger partial charge in [-0.2, -0.15) is 9.61 Å². The Balaban J connectivity index is 1.38. The third-order valence-electron chi connectivity index (χ3n) is 6.81. The molecule has 1 aromatic carbocycles. The van der Waals surface area contributed by atoms with Gasteiger partial charge in [0, 0.05) is 48.4 Å². The number of aromatic nitrogens is 4. The molecule has 0 saturated carbocycles. The molecule has 1 aliphatic rings. The second kappa shape index (κ2) is 9.70. The average molecular weight is 573 g/mol. The lowest BCUT2D eigenvalue weighted by molar-refractivity contribution is 0.286. The molecule has 0 radical (unpaired) electrons. The van der Waals surface area contributed by atoms with E-state index in [1.54, 1.807) is 28.9 Å². The van der Waals surface area contributed by atoms with Crippen LogP contribution in [0.5, 0.6) is 0 Å². The second-order valence-corrected chi connectivity index (χ2v) is 12.9. The number of benzene rings is 1. The summed E-state index contributed by atoms with van der Waals surface area (Å²) in [6.07, 6.45) is 5.11. The van der Waals surface area contributed by atoms with Crippen molar-refractivity contribution in [1.29, 1.82) is 0 Å². The lowest BCUT2D eigenvalue weighted by Gasteiger charge is -2.32. The highest BCUT2D eigenvalue weighted by atomic mass is 79.9. The van der Waals surface area contributed by atoms with Crippen molar-refractivity contribution in [1.82, 2.24) is 29.2 Å². The fourth-order valence-corrected chi connectivity index (χ4v) is 6.33. The molecule has 4 aromatic rings. The van der Waals surface area contributed by atoms with Gasteiger partial charge < -0.3 is 11.1 Å². The lowest BCUT2D eigenvalue weighted by Crippen LogP contribution is -2.46. The van der Waals surface area contributed by atoms with Crippen molar-refractivity contribution in [2.45, 2.75) is 51.4 Å². The van der Waals surface area contributed by atoms with Crippen molar-refractivity contribution in [3.8, 4) is 11.1 Å². The largest absolute Gasteiger partial charge is 0.383 e. The average Bonchev–Trinajstić information content (AvgIpc) is 3.29. The Morgan fingerprint density at radius 1 is 1.19 bits per heavy atom. The van der Waals surface area contributed by atoms with Crippen LogP contribution in [0.4, 0.5) is 5.82 Å². The van der Waals surface area contributed by atoms with Gasteiger partial charge in [-0.15, -0.1) is 0 Å². The number of piperidine rings is 1. The van der Waals surface area contributed by atoms with Crippen LogP contribution in [0.2, 0.25) is 0 Å². The van der Waals surface area contributed by atoms with Crippen molar-refractivity contribution in [3.63, 3.8) is 0 Å². The van der Waals surface area contributed by atoms with E-state index in [2.05, 4.69) is 56.5 Å². The molecule has 36 heavy (non-hydrogen) atoms. The Bertz CT molecular complexity index is 1540. The summed E-state index contributed by atoms with van der Waals surface area (Å²) in [7, 11) is -3.21. The van der Waals surface area contributed by atoms with E-state index in [-0.39, 0.29) is 6.04 Å². The van der Waals surface area contributed by atoms with Crippen LogP contribution >= 0.6 is 15.9 Å². The fourth-order valence-electron chi connectivity index (χ4n) is 4.62. The first-order valence-electron chi connectivity index (χ1n) is 12.1. The van der Waals surface area contributed by atoms with Crippen molar-refractivity contribution >= 4 is 48.3 Å². The number of nitrogen functional groups attached to an aromatic ring is 1. The zero-order valence-corrected chi connectivity index (χ0v) is 23.0. The van der Waals surface area contributed by atoms with Crippen LogP contribution in [0.1, 0.15) is 37.9 Å². The number of nitrogens with one attached hydrogen (secondary N) is 1. The molecule has 1 fully saturated rings. The number of anilines is 1. The number of fused-ring (bicyclic) bond motifs is 2. The first-order valence-corrected chi connectivity index (χ1v) is 14.4. The predicted octanol–water partition coefficient (Wildman–Crippen LogP) is 3.89. The van der Waals surface area contributed by atoms with Gasteiger partial charge in [-0.3, -0.25) is 4.98 Å². The standard InChI is InChI=1S/C25H30BrN7O2S/c1-15(2)36(34,35)32-8-6-19(7-9-32)28-14-22-23(26)24(27)33-25(31-22)20(13-30-33)18-11-17-10-16(3)4-5-21(17)29-12-18/h4-5,10-13,15,19,28H,6-9,14,27H2,1-3H3. The first kappa shape index (κ1) is 25.1. The van der Waals surface area contributed by atoms with Gasteiger partial charge in [0.1, 0.15) is 5.82 Å². The summed E-state index contributed by atoms with van der Waals surface area (Å²) in [5.41, 5.74) is 11.8. The van der Waals surface area contributed by atoms with E-state index in [4.69, 9.17) is 10.7 Å². The number of nitrogens with zero attached hydrogens (tertiary/aromatic N) is 5. The molecule has 0 bridgehead atoms. The fraction of sp³-hybridized carbons (Fsp3) is 0.400. The molecule has 11 heteroatoms. The zero-order valence-electron chi connectivity index (χ0n) is 20.6. The van der Waals surface area contributed by atoms with E-state index in [1.807, 2.05) is 12.3 Å². The Labute approximate surface area is 219 Å². The minimum atomic E-state index is -3.21. The summed E-state index contributed by atoms with van der Waals surface area (Å²) >= 11 is 3.60. The molecule has 0 unspecified atom stereocenters. The molecule has 5 rings (SSSR count). The third kappa shape index (κ3) is 4.60. The first-order chi connectivity index (χ1) is 17.1. The van der Waals surface area contributed by atoms with Gasteiger partial charge in [0.15, 0.2) is 5.65 Å². The van der Waals surface area contributed by atoms with E-state index in [9.17, 15) is 8.42 Å². The van der Waals surface area contributed by atoms with Crippen LogP contribution in [0, 0.1) is 6.92 Å². The number of sulfonamides is 1. The number of aryl methyl sites for hydroxylation is 1. The summed E-state index contributed by atoms with van der Waals surface area (Å²) in [5.74, 6) is 0.477. The predicted molar refractivity (Wildman–Crippen MR) is 146 cm³/mol. The summed E-state index contributed by atoms with van der Waals surface area (Å²) in [5, 5.41) is 8.68. The minimum absolute atomic E-state index is 0.201. The van der Waals surface area contributed by atoms with E-state index in [1.165, 1.54) is 5.56 Å². The minimum Gasteiger partial charge on any atom is -0.383 e. The third-order valence-corrected chi connectivity index (χ3v) is 9.95. The monoisotopic (exact) mass is 571 g/mol. The summed E-state index contributed by atoms with van der Waals surface area (Å²) in [6.45, 7) is 7.06. The Morgan fingerprint density at radius 3 is 2.67 bits per heavy atom. The zero-order chi connectivity index (χ0) is 25.6. The van der Waals surface area contributed by atoms with Crippen LogP contribution in [0.15, 0.2) is 41.1 Å². The molecule has 1 saturated heterocycles. The van der Waals surface area contributed by atoms with E-state index >= 15 is 0 Å².